The van der Waals surface area contributed by atoms with Crippen LogP contribution < -0.4 is 0 Å². The van der Waals surface area contributed by atoms with Gasteiger partial charge in [-0.05, 0) is 28.5 Å². The van der Waals surface area contributed by atoms with Gasteiger partial charge in [0.2, 0.25) is 0 Å². The number of benzene rings is 1. The molecule has 1 heterocycles. The highest BCUT2D eigenvalue weighted by atomic mass is 19.1. The third-order valence-corrected chi connectivity index (χ3v) is 5.21. The molecule has 3 heteroatoms. The predicted octanol–water partition coefficient (Wildman–Crippen LogP) is 3.40. The molecule has 3 rings (SSSR count). The minimum absolute atomic E-state index is 0.208. The van der Waals surface area contributed by atoms with E-state index in [4.69, 9.17) is 5.41 Å². The van der Waals surface area contributed by atoms with E-state index >= 15 is 0 Å². The molecule has 0 saturated heterocycles. The molecule has 0 atom stereocenters. The van der Waals surface area contributed by atoms with Crippen LogP contribution in [0.1, 0.15) is 38.8 Å². The van der Waals surface area contributed by atoms with Crippen LogP contribution in [0.5, 0.6) is 0 Å². The number of hydrogen-bond donors (Lipinski definition) is 1. The number of nitrogens with one attached hydrogen (secondary N) is 1. The van der Waals surface area contributed by atoms with E-state index in [0.29, 0.717) is 11.9 Å². The van der Waals surface area contributed by atoms with Crippen molar-refractivity contribution >= 4 is 5.84 Å². The van der Waals surface area contributed by atoms with E-state index in [9.17, 15) is 4.39 Å². The van der Waals surface area contributed by atoms with Crippen molar-refractivity contribution in [2.75, 3.05) is 0 Å². The summed E-state index contributed by atoms with van der Waals surface area (Å²) < 4.78 is 13.3. The first-order valence-corrected chi connectivity index (χ1v) is 6.41. The van der Waals surface area contributed by atoms with Gasteiger partial charge in [-0.1, -0.05) is 33.8 Å². The maximum absolute atomic E-state index is 13.3. The molecule has 0 amide bonds. The summed E-state index contributed by atoms with van der Waals surface area (Å²) in [6.45, 7) is 9.72. The number of rotatable bonds is 1. The van der Waals surface area contributed by atoms with Crippen molar-refractivity contribution in [1.82, 2.24) is 4.90 Å². The molecule has 1 saturated carbocycles. The Bertz CT molecular complexity index is 531. The van der Waals surface area contributed by atoms with E-state index in [1.807, 2.05) is 6.07 Å². The summed E-state index contributed by atoms with van der Waals surface area (Å²) in [5, 5.41) is 8.27. The first kappa shape index (κ1) is 11.7. The highest BCUT2D eigenvalue weighted by Crippen LogP contribution is 2.66. The molecule has 1 aromatic rings. The summed E-state index contributed by atoms with van der Waals surface area (Å²) in [4.78, 5) is 2.13. The summed E-state index contributed by atoms with van der Waals surface area (Å²) in [6, 6.07) is 5.15. The first-order valence-electron chi connectivity index (χ1n) is 6.41. The van der Waals surface area contributed by atoms with Crippen molar-refractivity contribution in [3.63, 3.8) is 0 Å². The topological polar surface area (TPSA) is 27.1 Å². The molecule has 18 heavy (non-hydrogen) atoms. The number of halogens is 1. The fourth-order valence-corrected chi connectivity index (χ4v) is 3.49. The van der Waals surface area contributed by atoms with Gasteiger partial charge in [0.1, 0.15) is 11.7 Å². The molecule has 2 aliphatic rings. The van der Waals surface area contributed by atoms with Crippen molar-refractivity contribution in [1.29, 1.82) is 5.41 Å². The van der Waals surface area contributed by atoms with Crippen molar-refractivity contribution in [3.05, 3.63) is 35.1 Å². The van der Waals surface area contributed by atoms with Gasteiger partial charge in [0, 0.05) is 18.2 Å². The van der Waals surface area contributed by atoms with Crippen molar-refractivity contribution in [3.8, 4) is 0 Å². The smallest absolute Gasteiger partial charge is 0.129 e. The largest absolute Gasteiger partial charge is 0.348 e. The average molecular weight is 246 g/mol. The zero-order chi connectivity index (χ0) is 13.3. The lowest BCUT2D eigenvalue weighted by atomic mass is 10.0. The Morgan fingerprint density at radius 2 is 1.83 bits per heavy atom. The molecule has 0 spiro atoms. The minimum Gasteiger partial charge on any atom is -0.348 e. The van der Waals surface area contributed by atoms with Gasteiger partial charge in [-0.2, -0.15) is 0 Å². The summed E-state index contributed by atoms with van der Waals surface area (Å²) >= 11 is 0. The minimum atomic E-state index is -0.255. The van der Waals surface area contributed by atoms with Crippen LogP contribution in [0, 0.1) is 22.1 Å². The van der Waals surface area contributed by atoms with Gasteiger partial charge in [-0.3, -0.25) is 5.41 Å². The lowest BCUT2D eigenvalue weighted by Crippen LogP contribution is -2.30. The molecule has 1 aliphatic carbocycles. The summed E-state index contributed by atoms with van der Waals surface area (Å²) in [6.07, 6.45) is 0. The standard InChI is InChI=1S/C15H19FN2/c1-14(2)13(15(14,3)4)18-8-9-5-6-10(16)7-11(9)12(18)17/h5-7,13,17H,8H2,1-4H3. The Hall–Kier alpha value is -1.38. The number of hydrogen-bond acceptors (Lipinski definition) is 1. The van der Waals surface area contributed by atoms with E-state index in [2.05, 4.69) is 32.6 Å². The molecular formula is C15H19FN2. The summed E-state index contributed by atoms with van der Waals surface area (Å²) in [7, 11) is 0. The molecule has 96 valence electrons. The molecule has 0 aromatic heterocycles. The van der Waals surface area contributed by atoms with Crippen molar-refractivity contribution < 1.29 is 4.39 Å². The molecule has 2 nitrogen and oxygen atoms in total. The van der Waals surface area contributed by atoms with Crippen LogP contribution in [-0.4, -0.2) is 16.8 Å². The SMILES string of the molecule is CC1(C)C(N2Cc3ccc(F)cc3C2=N)C1(C)C. The molecule has 1 N–H and O–H groups in total. The lowest BCUT2D eigenvalue weighted by Gasteiger charge is -2.20. The zero-order valence-corrected chi connectivity index (χ0v) is 11.3. The molecule has 0 bridgehead atoms. The normalized spacial score (nSPS) is 24.3. The van der Waals surface area contributed by atoms with E-state index in [1.54, 1.807) is 0 Å². The summed E-state index contributed by atoms with van der Waals surface area (Å²) in [5.41, 5.74) is 2.24. The quantitative estimate of drug-likeness (QED) is 0.807. The lowest BCUT2D eigenvalue weighted by molar-refractivity contribution is 0.355. The van der Waals surface area contributed by atoms with Gasteiger partial charge >= 0.3 is 0 Å². The average Bonchev–Trinajstić information content (AvgIpc) is 2.52. The van der Waals surface area contributed by atoms with Gasteiger partial charge < -0.3 is 4.90 Å². The molecular weight excluding hydrogens is 227 g/mol. The highest BCUT2D eigenvalue weighted by Gasteiger charge is 2.68. The monoisotopic (exact) mass is 246 g/mol. The molecule has 0 unspecified atom stereocenters. The molecule has 1 fully saturated rings. The van der Waals surface area contributed by atoms with Crippen LogP contribution >= 0.6 is 0 Å². The second-order valence-corrected chi connectivity index (χ2v) is 6.62. The third kappa shape index (κ3) is 1.25. The summed E-state index contributed by atoms with van der Waals surface area (Å²) in [5.74, 6) is 0.225. The third-order valence-electron chi connectivity index (χ3n) is 5.21. The number of fused-ring (bicyclic) bond motifs is 1. The van der Waals surface area contributed by atoms with Gasteiger partial charge in [-0.15, -0.1) is 0 Å². The van der Waals surface area contributed by atoms with E-state index in [0.717, 1.165) is 17.7 Å². The van der Waals surface area contributed by atoms with Crippen LogP contribution in [0.25, 0.3) is 0 Å². The van der Waals surface area contributed by atoms with Gasteiger partial charge in [0.05, 0.1) is 0 Å². The maximum atomic E-state index is 13.3. The van der Waals surface area contributed by atoms with Gasteiger partial charge in [0.25, 0.3) is 0 Å². The Kier molecular flexibility index (Phi) is 2.04. The van der Waals surface area contributed by atoms with Crippen LogP contribution in [-0.2, 0) is 6.54 Å². The Morgan fingerprint density at radius 1 is 1.22 bits per heavy atom. The first-order chi connectivity index (χ1) is 8.26. The van der Waals surface area contributed by atoms with Gasteiger partial charge in [0.15, 0.2) is 0 Å². The van der Waals surface area contributed by atoms with Crippen LogP contribution in [0.2, 0.25) is 0 Å². The predicted molar refractivity (Wildman–Crippen MR) is 70.1 cm³/mol. The Morgan fingerprint density at radius 3 is 2.39 bits per heavy atom. The fourth-order valence-electron chi connectivity index (χ4n) is 3.49. The molecule has 1 aromatic carbocycles. The van der Waals surface area contributed by atoms with E-state index < -0.39 is 0 Å². The number of nitrogens with zero attached hydrogens (tertiary/aromatic N) is 1. The highest BCUT2D eigenvalue weighted by molar-refractivity contribution is 6.00. The second kappa shape index (κ2) is 3.14. The molecule has 1 aliphatic heterocycles. The second-order valence-electron chi connectivity index (χ2n) is 6.62. The Balaban J connectivity index is 1.95. The molecule has 0 radical (unpaired) electrons. The van der Waals surface area contributed by atoms with Crippen LogP contribution in [0.15, 0.2) is 18.2 Å². The van der Waals surface area contributed by atoms with Crippen LogP contribution in [0.4, 0.5) is 4.39 Å². The van der Waals surface area contributed by atoms with E-state index in [1.165, 1.54) is 12.1 Å². The van der Waals surface area contributed by atoms with Gasteiger partial charge in [-0.25, -0.2) is 4.39 Å². The Labute approximate surface area is 107 Å². The zero-order valence-electron chi connectivity index (χ0n) is 11.3. The fraction of sp³-hybridized carbons (Fsp3) is 0.533. The number of amidine groups is 1. The van der Waals surface area contributed by atoms with Crippen molar-refractivity contribution in [2.24, 2.45) is 10.8 Å². The maximum Gasteiger partial charge on any atom is 0.129 e. The van der Waals surface area contributed by atoms with Crippen LogP contribution in [0.3, 0.4) is 0 Å². The van der Waals surface area contributed by atoms with Crippen molar-refractivity contribution in [2.45, 2.75) is 40.3 Å². The van der Waals surface area contributed by atoms with E-state index in [-0.39, 0.29) is 16.6 Å².